The van der Waals surface area contributed by atoms with Gasteiger partial charge in [-0.25, -0.2) is 0 Å². The third-order valence-corrected chi connectivity index (χ3v) is 20.3. The highest BCUT2D eigenvalue weighted by atomic mass is 32.1. The highest BCUT2D eigenvalue weighted by molar-refractivity contribution is 7.29. The lowest BCUT2D eigenvalue weighted by atomic mass is 9.35. The van der Waals surface area contributed by atoms with Gasteiger partial charge in [-0.3, -0.25) is 0 Å². The number of rotatable bonds is 3. The van der Waals surface area contributed by atoms with E-state index in [0.717, 1.165) is 12.8 Å². The monoisotopic (exact) mass is 945 g/mol. The molecule has 0 fully saturated rings. The van der Waals surface area contributed by atoms with Gasteiger partial charge in [0, 0.05) is 38.0 Å². The molecule has 5 aromatic carbocycles. The minimum absolute atomic E-state index is 0.0105. The van der Waals surface area contributed by atoms with Crippen LogP contribution in [0.25, 0.3) is 11.1 Å². The Balaban J connectivity index is 1.34. The molecule has 3 aliphatic carbocycles. The van der Waals surface area contributed by atoms with E-state index in [9.17, 15) is 0 Å². The van der Waals surface area contributed by atoms with Crippen LogP contribution < -0.4 is 25.5 Å². The number of fused-ring (bicyclic) bond motifs is 9. The van der Waals surface area contributed by atoms with E-state index in [-0.39, 0.29) is 50.0 Å². The third kappa shape index (κ3) is 7.05. The molecule has 0 N–H and O–H groups in total. The minimum Gasteiger partial charge on any atom is -0.311 e. The summed E-state index contributed by atoms with van der Waals surface area (Å²) >= 11 is 2.16. The summed E-state index contributed by atoms with van der Waals surface area (Å²) in [6.07, 6.45) is 7.09. The summed E-state index contributed by atoms with van der Waals surface area (Å²) in [7, 11) is 0. The van der Waals surface area contributed by atoms with Crippen molar-refractivity contribution in [1.29, 1.82) is 0 Å². The zero-order valence-electron chi connectivity index (χ0n) is 46.3. The normalized spacial score (nSPS) is 20.7. The van der Waals surface area contributed by atoms with Crippen molar-refractivity contribution in [2.45, 2.75) is 206 Å². The average molecular weight is 945 g/mol. The minimum atomic E-state index is -0.119. The quantitative estimate of drug-likeness (QED) is 0.163. The molecule has 11 rings (SSSR count). The van der Waals surface area contributed by atoms with E-state index < -0.39 is 0 Å². The van der Waals surface area contributed by atoms with E-state index in [1.54, 1.807) is 16.0 Å². The van der Waals surface area contributed by atoms with Crippen molar-refractivity contribution < 1.29 is 0 Å². The first-order valence-corrected chi connectivity index (χ1v) is 27.8. The Hall–Kier alpha value is -4.54. The fourth-order valence-electron chi connectivity index (χ4n) is 13.7. The van der Waals surface area contributed by atoms with E-state index in [1.807, 2.05) is 0 Å². The fraction of sp³-hybridized carbons (Fsp3) is 0.485. The van der Waals surface area contributed by atoms with Gasteiger partial charge in [0.05, 0.1) is 11.4 Å². The summed E-state index contributed by atoms with van der Waals surface area (Å²) in [4.78, 5) is 7.23. The van der Waals surface area contributed by atoms with Crippen LogP contribution in [0.3, 0.4) is 0 Å². The van der Waals surface area contributed by atoms with E-state index in [0.29, 0.717) is 0 Å². The molecule has 2 aliphatic heterocycles. The number of thiophene rings is 1. The Morgan fingerprint density at radius 3 is 1.63 bits per heavy atom. The van der Waals surface area contributed by atoms with Crippen molar-refractivity contribution in [2.24, 2.45) is 0 Å². The maximum absolute atomic E-state index is 2.82. The predicted molar refractivity (Wildman–Crippen MR) is 307 cm³/mol. The molecule has 3 heterocycles. The van der Waals surface area contributed by atoms with Crippen LogP contribution in [0.4, 0.5) is 34.1 Å². The van der Waals surface area contributed by atoms with Crippen molar-refractivity contribution in [3.05, 3.63) is 135 Å². The maximum Gasteiger partial charge on any atom is 0.264 e. The van der Waals surface area contributed by atoms with E-state index >= 15 is 0 Å². The van der Waals surface area contributed by atoms with Crippen LogP contribution in [0, 0.1) is 0 Å². The van der Waals surface area contributed by atoms with Crippen molar-refractivity contribution in [3.63, 3.8) is 0 Å². The van der Waals surface area contributed by atoms with E-state index in [4.69, 9.17) is 0 Å². The topological polar surface area (TPSA) is 6.48 Å². The van der Waals surface area contributed by atoms with Crippen LogP contribution in [-0.4, -0.2) is 6.71 Å². The summed E-state index contributed by atoms with van der Waals surface area (Å²) in [5.41, 5.74) is 24.2. The lowest BCUT2D eigenvalue weighted by Crippen LogP contribution is -2.61. The zero-order valence-corrected chi connectivity index (χ0v) is 47.1. The zero-order chi connectivity index (χ0) is 50.3. The molecule has 5 aliphatic rings. The number of benzene rings is 5. The van der Waals surface area contributed by atoms with Gasteiger partial charge in [-0.1, -0.05) is 179 Å². The standard InChI is InChI=1S/C66H81BN2S/c1-59(2,3)41-24-29-49(44(36-41)40-22-20-19-21-23-40)69-51-38-42(60(4,5)6)37-50-54(51)67(58-56(69)53-57(70-58)66(17,18)35-34-65(53,15)16)48-28-27-46-52(64(13,14)33-32-62(46,9)10)55(48)68(50)43-25-26-45-47(39-43)63(11,12)31-30-61(45,7)8/h19-29,36-39H,30-35H2,1-18H3. The van der Waals surface area contributed by atoms with Crippen LogP contribution in [-0.2, 0) is 43.3 Å². The van der Waals surface area contributed by atoms with Gasteiger partial charge in [0.2, 0.25) is 0 Å². The molecule has 6 aromatic rings. The van der Waals surface area contributed by atoms with Gasteiger partial charge < -0.3 is 9.80 Å². The highest BCUT2D eigenvalue weighted by Gasteiger charge is 2.53. The van der Waals surface area contributed by atoms with Gasteiger partial charge in [0.1, 0.15) is 0 Å². The Labute approximate surface area is 427 Å². The van der Waals surface area contributed by atoms with Crippen LogP contribution in [0.1, 0.15) is 207 Å². The highest BCUT2D eigenvalue weighted by Crippen LogP contribution is 2.60. The van der Waals surface area contributed by atoms with Gasteiger partial charge in [-0.2, -0.15) is 11.3 Å². The Morgan fingerprint density at radius 1 is 0.457 bits per heavy atom. The summed E-state index contributed by atoms with van der Waals surface area (Å²) < 4.78 is 1.52. The molecule has 2 nitrogen and oxygen atoms in total. The van der Waals surface area contributed by atoms with E-state index in [1.165, 1.54) is 114 Å². The molecular weight excluding hydrogens is 864 g/mol. The van der Waals surface area contributed by atoms with Crippen LogP contribution >= 0.6 is 11.3 Å². The molecule has 1 aromatic heterocycles. The average Bonchev–Trinajstić information content (AvgIpc) is 3.71. The SMILES string of the molecule is CC(C)(C)c1ccc(N2c3cc(C(C)(C)C)cc4c3B(c3ccc5c(c3N4c3ccc4c(c3)C(C)(C)CCC4(C)C)C(C)(C)CCC5(C)C)c3sc4c(c32)C(C)(C)CCC4(C)C)c(-c2ccccc2)c1. The lowest BCUT2D eigenvalue weighted by molar-refractivity contribution is 0.331. The van der Waals surface area contributed by atoms with Crippen molar-refractivity contribution in [1.82, 2.24) is 0 Å². The first kappa shape index (κ1) is 47.8. The fourth-order valence-corrected chi connectivity index (χ4v) is 15.4. The predicted octanol–water partition coefficient (Wildman–Crippen LogP) is 17.1. The van der Waals surface area contributed by atoms with Gasteiger partial charge in [0.25, 0.3) is 6.71 Å². The van der Waals surface area contributed by atoms with Crippen molar-refractivity contribution in [2.75, 3.05) is 9.80 Å². The summed E-state index contributed by atoms with van der Waals surface area (Å²) in [6, 6.07) is 36.9. The summed E-state index contributed by atoms with van der Waals surface area (Å²) in [5.74, 6) is 0. The maximum atomic E-state index is 2.82. The van der Waals surface area contributed by atoms with E-state index in [2.05, 4.69) is 237 Å². The second-order valence-electron chi connectivity index (χ2n) is 28.6. The molecule has 0 amide bonds. The molecule has 0 atom stereocenters. The van der Waals surface area contributed by atoms with Gasteiger partial charge in [-0.15, -0.1) is 0 Å². The number of nitrogens with zero attached hydrogens (tertiary/aromatic N) is 2. The molecule has 364 valence electrons. The molecule has 0 bridgehead atoms. The van der Waals surface area contributed by atoms with Crippen LogP contribution in [0.15, 0.2) is 91.0 Å². The summed E-state index contributed by atoms with van der Waals surface area (Å²) in [5, 5.41) is 0. The third-order valence-electron chi connectivity index (χ3n) is 18.6. The molecule has 0 spiro atoms. The number of hydrogen-bond donors (Lipinski definition) is 0. The first-order chi connectivity index (χ1) is 32.4. The second-order valence-corrected chi connectivity index (χ2v) is 29.7. The summed E-state index contributed by atoms with van der Waals surface area (Å²) in [6.45, 7) is 44.7. The molecule has 0 saturated heterocycles. The molecule has 0 saturated carbocycles. The van der Waals surface area contributed by atoms with Crippen LogP contribution in [0.5, 0.6) is 0 Å². The number of hydrogen-bond acceptors (Lipinski definition) is 3. The second kappa shape index (κ2) is 15.0. The van der Waals surface area contributed by atoms with Gasteiger partial charge in [-0.05, 0) is 174 Å². The molecule has 0 radical (unpaired) electrons. The van der Waals surface area contributed by atoms with Crippen molar-refractivity contribution >= 4 is 67.9 Å². The lowest BCUT2D eigenvalue weighted by Gasteiger charge is -2.50. The smallest absolute Gasteiger partial charge is 0.264 e. The van der Waals surface area contributed by atoms with Gasteiger partial charge >= 0.3 is 0 Å². The van der Waals surface area contributed by atoms with Gasteiger partial charge in [0.15, 0.2) is 0 Å². The molecular formula is C66H81BN2S. The number of anilines is 6. The molecule has 0 unspecified atom stereocenters. The largest absolute Gasteiger partial charge is 0.311 e. The molecule has 4 heteroatoms. The Kier molecular flexibility index (Phi) is 10.3. The van der Waals surface area contributed by atoms with Crippen molar-refractivity contribution in [3.8, 4) is 11.1 Å². The Morgan fingerprint density at radius 2 is 1.00 bits per heavy atom. The first-order valence-electron chi connectivity index (χ1n) is 26.9. The van der Waals surface area contributed by atoms with Crippen LogP contribution in [0.2, 0.25) is 0 Å². The Bertz CT molecular complexity index is 3140. The molecule has 70 heavy (non-hydrogen) atoms.